The smallest absolute Gasteiger partial charge is 0.252 e. The van der Waals surface area contributed by atoms with E-state index in [0.29, 0.717) is 11.4 Å². The SMILES string of the molecule is CC1(Nc2nc3ccc(-c4cn[nH]c4)cc3cc2C(N)=O)CC1. The van der Waals surface area contributed by atoms with Crippen molar-refractivity contribution in [3.63, 3.8) is 0 Å². The lowest BCUT2D eigenvalue weighted by molar-refractivity contribution is 0.100. The largest absolute Gasteiger partial charge is 0.365 e. The Labute approximate surface area is 133 Å². The van der Waals surface area contributed by atoms with Crippen LogP contribution in [-0.4, -0.2) is 26.6 Å². The number of carbonyl (C=O) groups excluding carboxylic acids is 1. The summed E-state index contributed by atoms with van der Waals surface area (Å²) < 4.78 is 0. The van der Waals surface area contributed by atoms with Crippen LogP contribution in [0.3, 0.4) is 0 Å². The van der Waals surface area contributed by atoms with E-state index >= 15 is 0 Å². The van der Waals surface area contributed by atoms with Gasteiger partial charge in [0.05, 0.1) is 17.3 Å². The number of primary amides is 1. The molecule has 116 valence electrons. The number of rotatable bonds is 4. The van der Waals surface area contributed by atoms with Crippen LogP contribution in [-0.2, 0) is 0 Å². The van der Waals surface area contributed by atoms with E-state index in [-0.39, 0.29) is 5.54 Å². The molecule has 1 amide bonds. The van der Waals surface area contributed by atoms with Crippen molar-refractivity contribution in [3.8, 4) is 11.1 Å². The molecule has 4 rings (SSSR count). The Hall–Kier alpha value is -2.89. The maximum Gasteiger partial charge on any atom is 0.252 e. The number of hydrogen-bond acceptors (Lipinski definition) is 4. The second-order valence-electron chi connectivity index (χ2n) is 6.33. The minimum absolute atomic E-state index is 0.0294. The number of nitrogens with two attached hydrogens (primary N) is 1. The number of anilines is 1. The highest BCUT2D eigenvalue weighted by Crippen LogP contribution is 2.39. The third kappa shape index (κ3) is 2.52. The van der Waals surface area contributed by atoms with Crippen LogP contribution in [0.5, 0.6) is 0 Å². The van der Waals surface area contributed by atoms with Crippen molar-refractivity contribution < 1.29 is 4.79 Å². The molecule has 1 aromatic carbocycles. The second kappa shape index (κ2) is 4.81. The van der Waals surface area contributed by atoms with Crippen molar-refractivity contribution in [2.75, 3.05) is 5.32 Å². The maximum atomic E-state index is 11.8. The molecule has 3 aromatic rings. The summed E-state index contributed by atoms with van der Waals surface area (Å²) in [5, 5.41) is 11.0. The number of carbonyl (C=O) groups is 1. The first kappa shape index (κ1) is 13.8. The van der Waals surface area contributed by atoms with Crippen molar-refractivity contribution >= 4 is 22.6 Å². The third-order valence-electron chi connectivity index (χ3n) is 4.33. The van der Waals surface area contributed by atoms with Crippen LogP contribution in [0.1, 0.15) is 30.1 Å². The van der Waals surface area contributed by atoms with Gasteiger partial charge in [-0.1, -0.05) is 6.07 Å². The van der Waals surface area contributed by atoms with Gasteiger partial charge in [-0.3, -0.25) is 9.89 Å². The lowest BCUT2D eigenvalue weighted by atomic mass is 10.0. The Morgan fingerprint density at radius 2 is 2.13 bits per heavy atom. The maximum absolute atomic E-state index is 11.8. The second-order valence-corrected chi connectivity index (χ2v) is 6.33. The summed E-state index contributed by atoms with van der Waals surface area (Å²) in [5.41, 5.74) is 8.83. The molecule has 1 saturated carbocycles. The van der Waals surface area contributed by atoms with E-state index in [1.165, 1.54) is 0 Å². The minimum Gasteiger partial charge on any atom is -0.365 e. The predicted molar refractivity (Wildman–Crippen MR) is 89.1 cm³/mol. The van der Waals surface area contributed by atoms with Gasteiger partial charge in [-0.05, 0) is 43.5 Å². The van der Waals surface area contributed by atoms with Crippen molar-refractivity contribution in [2.45, 2.75) is 25.3 Å². The Kier molecular flexibility index (Phi) is 2.87. The Balaban J connectivity index is 1.83. The van der Waals surface area contributed by atoms with Crippen LogP contribution in [0.4, 0.5) is 5.82 Å². The number of hydrogen-bond donors (Lipinski definition) is 3. The molecule has 2 heterocycles. The van der Waals surface area contributed by atoms with E-state index in [0.717, 1.165) is 34.9 Å². The fraction of sp³-hybridized carbons (Fsp3) is 0.235. The summed E-state index contributed by atoms with van der Waals surface area (Å²) >= 11 is 0. The molecule has 2 aromatic heterocycles. The summed E-state index contributed by atoms with van der Waals surface area (Å²) in [6, 6.07) is 7.74. The molecule has 0 aliphatic heterocycles. The van der Waals surface area contributed by atoms with Gasteiger partial charge in [-0.2, -0.15) is 5.10 Å². The number of H-pyrrole nitrogens is 1. The van der Waals surface area contributed by atoms with Gasteiger partial charge in [-0.25, -0.2) is 4.98 Å². The van der Waals surface area contributed by atoms with E-state index in [4.69, 9.17) is 5.73 Å². The van der Waals surface area contributed by atoms with E-state index < -0.39 is 5.91 Å². The van der Waals surface area contributed by atoms with Crippen molar-refractivity contribution in [1.82, 2.24) is 15.2 Å². The van der Waals surface area contributed by atoms with Gasteiger partial charge in [0.2, 0.25) is 0 Å². The lowest BCUT2D eigenvalue weighted by Crippen LogP contribution is -2.22. The van der Waals surface area contributed by atoms with Crippen molar-refractivity contribution in [3.05, 3.63) is 42.2 Å². The van der Waals surface area contributed by atoms with E-state index in [9.17, 15) is 4.79 Å². The number of amides is 1. The van der Waals surface area contributed by atoms with Gasteiger partial charge in [0.1, 0.15) is 5.82 Å². The topological polar surface area (TPSA) is 96.7 Å². The average molecular weight is 307 g/mol. The summed E-state index contributed by atoms with van der Waals surface area (Å²) in [7, 11) is 0. The van der Waals surface area contributed by atoms with Gasteiger partial charge in [0.25, 0.3) is 5.91 Å². The highest BCUT2D eigenvalue weighted by atomic mass is 16.1. The number of aromatic amines is 1. The van der Waals surface area contributed by atoms with Crippen molar-refractivity contribution in [1.29, 1.82) is 0 Å². The molecular formula is C17H17N5O. The molecule has 6 heteroatoms. The fourth-order valence-corrected chi connectivity index (χ4v) is 2.65. The zero-order chi connectivity index (χ0) is 16.0. The summed E-state index contributed by atoms with van der Waals surface area (Å²) in [6.45, 7) is 2.12. The zero-order valence-electron chi connectivity index (χ0n) is 12.8. The van der Waals surface area contributed by atoms with Gasteiger partial charge >= 0.3 is 0 Å². The van der Waals surface area contributed by atoms with Crippen LogP contribution in [0.2, 0.25) is 0 Å². The molecule has 0 bridgehead atoms. The number of nitrogens with one attached hydrogen (secondary N) is 2. The quantitative estimate of drug-likeness (QED) is 0.690. The number of fused-ring (bicyclic) bond motifs is 1. The van der Waals surface area contributed by atoms with Crippen LogP contribution in [0.15, 0.2) is 36.7 Å². The van der Waals surface area contributed by atoms with Gasteiger partial charge in [0.15, 0.2) is 0 Å². The monoisotopic (exact) mass is 307 g/mol. The molecule has 0 spiro atoms. The van der Waals surface area contributed by atoms with Crippen LogP contribution in [0.25, 0.3) is 22.0 Å². The Bertz CT molecular complexity index is 897. The first-order valence-electron chi connectivity index (χ1n) is 7.56. The molecule has 23 heavy (non-hydrogen) atoms. The number of aromatic nitrogens is 3. The molecule has 1 aliphatic carbocycles. The van der Waals surface area contributed by atoms with Crippen LogP contribution >= 0.6 is 0 Å². The van der Waals surface area contributed by atoms with E-state index in [2.05, 4.69) is 27.4 Å². The molecule has 0 atom stereocenters. The predicted octanol–water partition coefficient (Wildman–Crippen LogP) is 2.69. The van der Waals surface area contributed by atoms with Crippen LogP contribution in [0, 0.1) is 0 Å². The molecule has 6 nitrogen and oxygen atoms in total. The summed E-state index contributed by atoms with van der Waals surface area (Å²) in [5.74, 6) is 0.0981. The molecule has 0 unspecified atom stereocenters. The van der Waals surface area contributed by atoms with Gasteiger partial charge < -0.3 is 11.1 Å². The third-order valence-corrected chi connectivity index (χ3v) is 4.33. The summed E-state index contributed by atoms with van der Waals surface area (Å²) in [6.07, 6.45) is 5.73. The van der Waals surface area contributed by atoms with Gasteiger partial charge in [0, 0.05) is 22.7 Å². The summed E-state index contributed by atoms with van der Waals surface area (Å²) in [4.78, 5) is 16.4. The van der Waals surface area contributed by atoms with E-state index in [1.54, 1.807) is 6.20 Å². The van der Waals surface area contributed by atoms with Crippen LogP contribution < -0.4 is 11.1 Å². The first-order valence-corrected chi connectivity index (χ1v) is 7.56. The molecular weight excluding hydrogens is 290 g/mol. The average Bonchev–Trinajstić information content (AvgIpc) is 3.03. The van der Waals surface area contributed by atoms with Gasteiger partial charge in [-0.15, -0.1) is 0 Å². The molecule has 0 radical (unpaired) electrons. The standard InChI is InChI=1S/C17H17N5O/c1-17(4-5-17)22-16-13(15(18)23)7-11-6-10(2-3-14(11)21-16)12-8-19-20-9-12/h2-3,6-9H,4-5H2,1H3,(H2,18,23)(H,19,20)(H,21,22). The highest BCUT2D eigenvalue weighted by molar-refractivity contribution is 6.02. The fourth-order valence-electron chi connectivity index (χ4n) is 2.65. The zero-order valence-corrected chi connectivity index (χ0v) is 12.8. The normalized spacial score (nSPS) is 15.5. The molecule has 1 fully saturated rings. The minimum atomic E-state index is -0.472. The first-order chi connectivity index (χ1) is 11.0. The van der Waals surface area contributed by atoms with Crippen molar-refractivity contribution in [2.24, 2.45) is 5.73 Å². The number of benzene rings is 1. The molecule has 1 aliphatic rings. The molecule has 0 saturated heterocycles. The Morgan fingerprint density at radius 3 is 2.78 bits per heavy atom. The Morgan fingerprint density at radius 1 is 1.30 bits per heavy atom. The highest BCUT2D eigenvalue weighted by Gasteiger charge is 2.38. The lowest BCUT2D eigenvalue weighted by Gasteiger charge is -2.15. The number of pyridine rings is 1. The van der Waals surface area contributed by atoms with E-state index in [1.807, 2.05) is 30.5 Å². The number of nitrogens with zero attached hydrogens (tertiary/aromatic N) is 2. The molecule has 4 N–H and O–H groups in total.